The molecule has 0 radical (unpaired) electrons. The first-order valence-corrected chi connectivity index (χ1v) is 14.8. The minimum absolute atomic E-state index is 0.0139. The molecule has 216 valence electrons. The maximum absolute atomic E-state index is 14.3. The van der Waals surface area contributed by atoms with E-state index in [9.17, 15) is 14.4 Å². The van der Waals surface area contributed by atoms with E-state index in [1.165, 1.54) is 0 Å². The molecule has 2 aromatic carbocycles. The zero-order chi connectivity index (χ0) is 28.9. The lowest BCUT2D eigenvalue weighted by atomic mass is 9.73. The molecule has 8 unspecified atom stereocenters. The van der Waals surface area contributed by atoms with Gasteiger partial charge in [-0.15, -0.1) is 0 Å². The van der Waals surface area contributed by atoms with Crippen LogP contribution in [0, 0.1) is 23.7 Å². The van der Waals surface area contributed by atoms with Crippen molar-refractivity contribution < 1.29 is 23.9 Å². The van der Waals surface area contributed by atoms with Crippen molar-refractivity contribution >= 4 is 35.0 Å². The second-order valence-electron chi connectivity index (χ2n) is 11.9. The Morgan fingerprint density at radius 3 is 2.71 bits per heavy atom. The van der Waals surface area contributed by atoms with Gasteiger partial charge in [0.1, 0.15) is 17.4 Å². The van der Waals surface area contributed by atoms with Crippen LogP contribution in [0.3, 0.4) is 0 Å². The van der Waals surface area contributed by atoms with Crippen molar-refractivity contribution in [2.45, 2.75) is 63.4 Å². The quantitative estimate of drug-likeness (QED) is 0.470. The fourth-order valence-electron chi connectivity index (χ4n) is 7.24. The number of carbonyl (C=O) groups is 3. The second kappa shape index (κ2) is 10.8. The van der Waals surface area contributed by atoms with Crippen LogP contribution >= 0.6 is 11.6 Å². The van der Waals surface area contributed by atoms with Gasteiger partial charge in [-0.3, -0.25) is 14.4 Å². The molecule has 2 aromatic rings. The zero-order valence-electron chi connectivity index (χ0n) is 23.5. The number of rotatable bonds is 7. The Morgan fingerprint density at radius 1 is 1.12 bits per heavy atom. The standard InChI is InChI=1S/C32H36ClN3O5/c1-18-7-4-12-24(19(18)2)35-30(38)28-32-14-13-25(41-32)26(29(37)34-22-10-6-9-21(33)16-22)27(32)31(39)36(28)17-20-8-5-11-23(15-20)40-3/h5-6,8-11,13-16,18-19,24-28H,4,7,12,17H2,1-3H3,(H,34,37)(H,35,38). The van der Waals surface area contributed by atoms with E-state index < -0.39 is 29.6 Å². The summed E-state index contributed by atoms with van der Waals surface area (Å²) in [6.45, 7) is 4.59. The monoisotopic (exact) mass is 577 g/mol. The SMILES string of the molecule is COc1cccc(CN2C(=O)C3C(C(=O)Nc4cccc(Cl)c4)C4C=CC3(O4)C2C(=O)NC2CCCC(C)C2C)c1. The molecule has 8 nitrogen and oxygen atoms in total. The third-order valence-corrected chi connectivity index (χ3v) is 9.77. The maximum Gasteiger partial charge on any atom is 0.246 e. The number of halogens is 1. The van der Waals surface area contributed by atoms with Crippen molar-refractivity contribution in [3.8, 4) is 5.75 Å². The highest BCUT2D eigenvalue weighted by molar-refractivity contribution is 6.30. The van der Waals surface area contributed by atoms with Gasteiger partial charge in [0.25, 0.3) is 0 Å². The van der Waals surface area contributed by atoms with E-state index in [0.29, 0.717) is 28.3 Å². The van der Waals surface area contributed by atoms with E-state index in [0.717, 1.165) is 24.8 Å². The Hall–Kier alpha value is -3.36. The fraction of sp³-hybridized carbons (Fsp3) is 0.469. The Morgan fingerprint density at radius 2 is 1.93 bits per heavy atom. The van der Waals surface area contributed by atoms with E-state index in [2.05, 4.69) is 24.5 Å². The first kappa shape index (κ1) is 27.8. The largest absolute Gasteiger partial charge is 0.497 e. The molecule has 2 N–H and O–H groups in total. The average molecular weight is 578 g/mol. The van der Waals surface area contributed by atoms with Crippen LogP contribution in [0.2, 0.25) is 5.02 Å². The van der Waals surface area contributed by atoms with Gasteiger partial charge >= 0.3 is 0 Å². The molecule has 1 spiro atoms. The molecule has 9 heteroatoms. The van der Waals surface area contributed by atoms with Crippen LogP contribution in [0.5, 0.6) is 5.75 Å². The Kier molecular flexibility index (Phi) is 7.32. The van der Waals surface area contributed by atoms with E-state index in [4.69, 9.17) is 21.1 Å². The van der Waals surface area contributed by atoms with Gasteiger partial charge in [-0.25, -0.2) is 0 Å². The molecule has 2 saturated heterocycles. The van der Waals surface area contributed by atoms with Crippen LogP contribution in [0.1, 0.15) is 38.7 Å². The van der Waals surface area contributed by atoms with E-state index in [1.807, 2.05) is 36.4 Å². The summed E-state index contributed by atoms with van der Waals surface area (Å²) in [6, 6.07) is 13.4. The number of methoxy groups -OCH3 is 1. The third-order valence-electron chi connectivity index (χ3n) is 9.54. The van der Waals surface area contributed by atoms with Crippen LogP contribution in [0.25, 0.3) is 0 Å². The fourth-order valence-corrected chi connectivity index (χ4v) is 7.43. The summed E-state index contributed by atoms with van der Waals surface area (Å²) in [5.41, 5.74) is 0.131. The predicted octanol–water partition coefficient (Wildman–Crippen LogP) is 4.58. The third kappa shape index (κ3) is 4.81. The number of fused-ring (bicyclic) bond motifs is 1. The molecule has 41 heavy (non-hydrogen) atoms. The van der Waals surface area contributed by atoms with Gasteiger partial charge in [0.2, 0.25) is 17.7 Å². The van der Waals surface area contributed by atoms with Crippen molar-refractivity contribution in [1.82, 2.24) is 10.2 Å². The second-order valence-corrected chi connectivity index (χ2v) is 12.3. The first-order chi connectivity index (χ1) is 19.7. The van der Waals surface area contributed by atoms with Crippen LogP contribution in [0.4, 0.5) is 5.69 Å². The smallest absolute Gasteiger partial charge is 0.246 e. The molecule has 1 saturated carbocycles. The summed E-state index contributed by atoms with van der Waals surface area (Å²) in [5.74, 6) is -0.986. The van der Waals surface area contributed by atoms with Crippen LogP contribution in [-0.4, -0.2) is 53.5 Å². The first-order valence-electron chi connectivity index (χ1n) is 14.4. The molecule has 1 aliphatic carbocycles. The predicted molar refractivity (Wildman–Crippen MR) is 155 cm³/mol. The van der Waals surface area contributed by atoms with Crippen LogP contribution < -0.4 is 15.4 Å². The molecule has 2 bridgehead atoms. The lowest BCUT2D eigenvalue weighted by Crippen LogP contribution is -2.57. The van der Waals surface area contributed by atoms with Crippen molar-refractivity contribution in [3.05, 3.63) is 71.3 Å². The van der Waals surface area contributed by atoms with Gasteiger partial charge in [0.05, 0.1) is 25.0 Å². The molecule has 8 atom stereocenters. The molecule has 4 aliphatic rings. The minimum Gasteiger partial charge on any atom is -0.497 e. The molecular formula is C32H36ClN3O5. The van der Waals surface area contributed by atoms with E-state index in [-0.39, 0.29) is 30.3 Å². The van der Waals surface area contributed by atoms with Gasteiger partial charge in [-0.05, 0) is 54.2 Å². The highest BCUT2D eigenvalue weighted by atomic mass is 35.5. The normalized spacial score (nSPS) is 33.5. The number of hydrogen-bond donors (Lipinski definition) is 2. The number of amides is 3. The van der Waals surface area contributed by atoms with Gasteiger partial charge in [-0.2, -0.15) is 0 Å². The maximum atomic E-state index is 14.3. The minimum atomic E-state index is -1.23. The number of anilines is 1. The van der Waals surface area contributed by atoms with E-state index >= 15 is 0 Å². The summed E-state index contributed by atoms with van der Waals surface area (Å²) in [6.07, 6.45) is 6.14. The Bertz CT molecular complexity index is 1400. The molecular weight excluding hydrogens is 542 g/mol. The summed E-state index contributed by atoms with van der Waals surface area (Å²) >= 11 is 6.13. The molecule has 3 heterocycles. The molecule has 3 aliphatic heterocycles. The van der Waals surface area contributed by atoms with Crippen molar-refractivity contribution in [3.63, 3.8) is 0 Å². The Labute approximate surface area is 245 Å². The van der Waals surface area contributed by atoms with Crippen LogP contribution in [-0.2, 0) is 25.7 Å². The molecule has 6 rings (SSSR count). The number of hydrogen-bond acceptors (Lipinski definition) is 5. The topological polar surface area (TPSA) is 97.0 Å². The molecule has 3 fully saturated rings. The van der Waals surface area contributed by atoms with Gasteiger partial charge in [0, 0.05) is 23.3 Å². The number of carbonyl (C=O) groups excluding carboxylic acids is 3. The Balaban J connectivity index is 1.34. The average Bonchev–Trinajstić information content (AvgIpc) is 3.59. The zero-order valence-corrected chi connectivity index (χ0v) is 24.3. The van der Waals surface area contributed by atoms with Crippen molar-refractivity contribution in [1.29, 1.82) is 0 Å². The highest BCUT2D eigenvalue weighted by Crippen LogP contribution is 2.55. The molecule has 0 aromatic heterocycles. The summed E-state index contributed by atoms with van der Waals surface area (Å²) in [7, 11) is 1.59. The summed E-state index contributed by atoms with van der Waals surface area (Å²) in [4.78, 5) is 43.7. The summed E-state index contributed by atoms with van der Waals surface area (Å²) in [5, 5.41) is 6.70. The highest BCUT2D eigenvalue weighted by Gasteiger charge is 2.72. The number of nitrogens with one attached hydrogen (secondary N) is 2. The number of nitrogens with zero attached hydrogens (tertiary/aromatic N) is 1. The van der Waals surface area contributed by atoms with Gasteiger partial charge in [0.15, 0.2) is 0 Å². The summed E-state index contributed by atoms with van der Waals surface area (Å²) < 4.78 is 11.9. The van der Waals surface area contributed by atoms with Crippen molar-refractivity contribution in [2.24, 2.45) is 23.7 Å². The van der Waals surface area contributed by atoms with E-state index in [1.54, 1.807) is 36.3 Å². The lowest BCUT2D eigenvalue weighted by Gasteiger charge is -2.38. The number of benzene rings is 2. The van der Waals surface area contributed by atoms with Gasteiger partial charge < -0.3 is 25.0 Å². The van der Waals surface area contributed by atoms with Gasteiger partial charge in [-0.1, -0.05) is 68.6 Å². The van der Waals surface area contributed by atoms with Crippen LogP contribution in [0.15, 0.2) is 60.7 Å². The number of ether oxygens (including phenoxy) is 2. The lowest BCUT2D eigenvalue weighted by molar-refractivity contribution is -0.142. The molecule has 3 amide bonds. The van der Waals surface area contributed by atoms with Crippen molar-refractivity contribution in [2.75, 3.05) is 12.4 Å². The number of likely N-dealkylation sites (tertiary alicyclic amines) is 1.